The van der Waals surface area contributed by atoms with Gasteiger partial charge in [-0.15, -0.1) is 0 Å². The molecule has 0 aliphatic carbocycles. The lowest BCUT2D eigenvalue weighted by Crippen LogP contribution is -2.36. The van der Waals surface area contributed by atoms with Gasteiger partial charge in [0.2, 0.25) is 11.8 Å². The van der Waals surface area contributed by atoms with Crippen molar-refractivity contribution in [2.24, 2.45) is 0 Å². The van der Waals surface area contributed by atoms with Crippen molar-refractivity contribution < 1.29 is 14.4 Å². The SMILES string of the molecule is CC(=O)c1ccc(NC(=O)CN(C(C)=O)c2cc(Cl)cc(Cl)c2)cc1. The molecule has 0 heterocycles. The summed E-state index contributed by atoms with van der Waals surface area (Å²) in [4.78, 5) is 36.7. The van der Waals surface area contributed by atoms with Crippen LogP contribution in [-0.4, -0.2) is 24.1 Å². The zero-order chi connectivity index (χ0) is 18.6. The predicted molar refractivity (Wildman–Crippen MR) is 99.6 cm³/mol. The van der Waals surface area contributed by atoms with Crippen LogP contribution in [0.25, 0.3) is 0 Å². The van der Waals surface area contributed by atoms with Gasteiger partial charge in [-0.25, -0.2) is 0 Å². The van der Waals surface area contributed by atoms with Gasteiger partial charge in [0.05, 0.1) is 0 Å². The lowest BCUT2D eigenvalue weighted by atomic mass is 10.1. The molecule has 2 aromatic rings. The Labute approximate surface area is 155 Å². The molecule has 0 unspecified atom stereocenters. The minimum absolute atomic E-state index is 0.0570. The fourth-order valence-electron chi connectivity index (χ4n) is 2.21. The molecule has 2 aromatic carbocycles. The third-order valence-electron chi connectivity index (χ3n) is 3.42. The van der Waals surface area contributed by atoms with E-state index in [9.17, 15) is 14.4 Å². The molecule has 0 aliphatic heterocycles. The quantitative estimate of drug-likeness (QED) is 0.793. The normalized spacial score (nSPS) is 10.2. The zero-order valence-corrected chi connectivity index (χ0v) is 15.2. The van der Waals surface area contributed by atoms with E-state index in [1.165, 1.54) is 18.7 Å². The number of amides is 2. The number of Topliss-reactive ketones (excluding diaryl/α,β-unsaturated/α-hetero) is 1. The predicted octanol–water partition coefficient (Wildman–Crippen LogP) is 4.19. The van der Waals surface area contributed by atoms with Crippen LogP contribution in [0.2, 0.25) is 10.0 Å². The van der Waals surface area contributed by atoms with Crippen LogP contribution in [0.15, 0.2) is 42.5 Å². The summed E-state index contributed by atoms with van der Waals surface area (Å²) in [5.74, 6) is -0.763. The molecular weight excluding hydrogens is 363 g/mol. The average Bonchev–Trinajstić information content (AvgIpc) is 2.51. The first kappa shape index (κ1) is 19.0. The van der Waals surface area contributed by atoms with Crippen LogP contribution in [-0.2, 0) is 9.59 Å². The van der Waals surface area contributed by atoms with Crippen LogP contribution >= 0.6 is 23.2 Å². The van der Waals surface area contributed by atoms with Crippen LogP contribution < -0.4 is 10.2 Å². The Kier molecular flexibility index (Phi) is 6.17. The minimum atomic E-state index is -0.387. The summed E-state index contributed by atoms with van der Waals surface area (Å²) < 4.78 is 0. The minimum Gasteiger partial charge on any atom is -0.325 e. The molecule has 25 heavy (non-hydrogen) atoms. The smallest absolute Gasteiger partial charge is 0.244 e. The summed E-state index contributed by atoms with van der Waals surface area (Å²) in [6.07, 6.45) is 0. The standard InChI is InChI=1S/C18H16Cl2N2O3/c1-11(23)13-3-5-16(6-4-13)21-18(25)10-22(12(2)24)17-8-14(19)7-15(20)9-17/h3-9H,10H2,1-2H3,(H,21,25). The molecule has 0 aromatic heterocycles. The van der Waals surface area contributed by atoms with Gasteiger partial charge in [-0.2, -0.15) is 0 Å². The Morgan fingerprint density at radius 3 is 2.00 bits per heavy atom. The molecule has 0 radical (unpaired) electrons. The Morgan fingerprint density at radius 2 is 1.52 bits per heavy atom. The largest absolute Gasteiger partial charge is 0.325 e. The van der Waals surface area contributed by atoms with Gasteiger partial charge in [-0.3, -0.25) is 14.4 Å². The van der Waals surface area contributed by atoms with Gasteiger partial charge < -0.3 is 10.2 Å². The number of nitrogens with zero attached hydrogens (tertiary/aromatic N) is 1. The molecule has 130 valence electrons. The summed E-state index contributed by atoms with van der Waals surface area (Å²) in [6, 6.07) is 11.2. The van der Waals surface area contributed by atoms with E-state index in [0.717, 1.165) is 0 Å². The van der Waals surface area contributed by atoms with Crippen molar-refractivity contribution in [3.05, 3.63) is 58.1 Å². The lowest BCUT2D eigenvalue weighted by molar-refractivity contribution is -0.120. The number of carbonyl (C=O) groups excluding carboxylic acids is 3. The van der Waals surface area contributed by atoms with Crippen molar-refractivity contribution in [2.75, 3.05) is 16.8 Å². The van der Waals surface area contributed by atoms with Crippen molar-refractivity contribution in [1.82, 2.24) is 0 Å². The van der Waals surface area contributed by atoms with E-state index >= 15 is 0 Å². The number of benzene rings is 2. The highest BCUT2D eigenvalue weighted by atomic mass is 35.5. The van der Waals surface area contributed by atoms with Gasteiger partial charge in [0.1, 0.15) is 6.54 Å². The van der Waals surface area contributed by atoms with Gasteiger partial charge in [0.15, 0.2) is 5.78 Å². The summed E-state index contributed by atoms with van der Waals surface area (Å²) in [5.41, 5.74) is 1.52. The first-order valence-corrected chi connectivity index (χ1v) is 8.17. The first-order valence-electron chi connectivity index (χ1n) is 7.41. The molecule has 7 heteroatoms. The third kappa shape index (κ3) is 5.31. The van der Waals surface area contributed by atoms with Crippen LogP contribution in [0.1, 0.15) is 24.2 Å². The van der Waals surface area contributed by atoms with E-state index in [2.05, 4.69) is 5.32 Å². The van der Waals surface area contributed by atoms with E-state index in [0.29, 0.717) is 27.0 Å². The molecule has 5 nitrogen and oxygen atoms in total. The lowest BCUT2D eigenvalue weighted by Gasteiger charge is -2.21. The molecule has 0 bridgehead atoms. The monoisotopic (exact) mass is 378 g/mol. The average molecular weight is 379 g/mol. The highest BCUT2D eigenvalue weighted by molar-refractivity contribution is 6.35. The van der Waals surface area contributed by atoms with Gasteiger partial charge in [0, 0.05) is 33.9 Å². The van der Waals surface area contributed by atoms with Gasteiger partial charge >= 0.3 is 0 Å². The zero-order valence-electron chi connectivity index (χ0n) is 13.7. The first-order chi connectivity index (χ1) is 11.8. The van der Waals surface area contributed by atoms with Crippen LogP contribution in [0.3, 0.4) is 0 Å². The van der Waals surface area contributed by atoms with Crippen molar-refractivity contribution in [3.8, 4) is 0 Å². The third-order valence-corrected chi connectivity index (χ3v) is 3.85. The van der Waals surface area contributed by atoms with Crippen molar-refractivity contribution in [1.29, 1.82) is 0 Å². The molecule has 0 fully saturated rings. The maximum absolute atomic E-state index is 12.3. The Morgan fingerprint density at radius 1 is 0.960 bits per heavy atom. The number of hydrogen-bond donors (Lipinski definition) is 1. The van der Waals surface area contributed by atoms with Gasteiger partial charge in [0.25, 0.3) is 0 Å². The summed E-state index contributed by atoms with van der Waals surface area (Å²) >= 11 is 11.9. The maximum atomic E-state index is 12.3. The van der Waals surface area contributed by atoms with Crippen LogP contribution in [0.5, 0.6) is 0 Å². The molecule has 0 aliphatic rings. The molecule has 2 rings (SSSR count). The number of carbonyl (C=O) groups is 3. The number of halogens is 2. The van der Waals surface area contributed by atoms with Crippen molar-refractivity contribution in [3.63, 3.8) is 0 Å². The fraction of sp³-hybridized carbons (Fsp3) is 0.167. The summed E-state index contributed by atoms with van der Waals surface area (Å²) in [5, 5.41) is 3.42. The second-order valence-corrected chi connectivity index (χ2v) is 6.29. The van der Waals surface area contributed by atoms with E-state index in [-0.39, 0.29) is 24.1 Å². The topological polar surface area (TPSA) is 66.5 Å². The molecule has 0 saturated carbocycles. The van der Waals surface area contributed by atoms with Crippen molar-refractivity contribution >= 4 is 52.2 Å². The summed E-state index contributed by atoms with van der Waals surface area (Å²) in [7, 11) is 0. The van der Waals surface area contributed by atoms with Gasteiger partial charge in [-0.1, -0.05) is 23.2 Å². The van der Waals surface area contributed by atoms with Crippen LogP contribution in [0.4, 0.5) is 11.4 Å². The summed E-state index contributed by atoms with van der Waals surface area (Å²) in [6.45, 7) is 2.62. The molecular formula is C18H16Cl2N2O3. The second kappa shape index (κ2) is 8.14. The second-order valence-electron chi connectivity index (χ2n) is 5.41. The van der Waals surface area contributed by atoms with Crippen LogP contribution in [0, 0.1) is 0 Å². The number of ketones is 1. The molecule has 2 amide bonds. The number of hydrogen-bond acceptors (Lipinski definition) is 3. The molecule has 1 N–H and O–H groups in total. The van der Waals surface area contributed by atoms with E-state index in [4.69, 9.17) is 23.2 Å². The Hall–Kier alpha value is -2.37. The number of rotatable bonds is 5. The number of nitrogens with one attached hydrogen (secondary N) is 1. The molecule has 0 spiro atoms. The molecule has 0 atom stereocenters. The highest BCUT2D eigenvalue weighted by Crippen LogP contribution is 2.25. The fourth-order valence-corrected chi connectivity index (χ4v) is 2.73. The van der Waals surface area contributed by atoms with Crippen molar-refractivity contribution in [2.45, 2.75) is 13.8 Å². The van der Waals surface area contributed by atoms with E-state index < -0.39 is 0 Å². The highest BCUT2D eigenvalue weighted by Gasteiger charge is 2.17. The number of anilines is 2. The Balaban J connectivity index is 2.12. The molecule has 0 saturated heterocycles. The van der Waals surface area contributed by atoms with E-state index in [1.807, 2.05) is 0 Å². The van der Waals surface area contributed by atoms with Gasteiger partial charge in [-0.05, 0) is 49.4 Å². The van der Waals surface area contributed by atoms with E-state index in [1.54, 1.807) is 42.5 Å². The maximum Gasteiger partial charge on any atom is 0.244 e. The Bertz CT molecular complexity index is 799.